The monoisotopic (exact) mass is 440 g/mol. The van der Waals surface area contributed by atoms with Crippen LogP contribution in [-0.4, -0.2) is 11.2 Å². The maximum Gasteiger partial charge on any atom is 0.0569 e. The van der Waals surface area contributed by atoms with Crippen LogP contribution in [0.3, 0.4) is 0 Å². The van der Waals surface area contributed by atoms with E-state index in [-0.39, 0.29) is 6.10 Å². The van der Waals surface area contributed by atoms with Gasteiger partial charge in [0.15, 0.2) is 0 Å². The van der Waals surface area contributed by atoms with Gasteiger partial charge in [0.1, 0.15) is 0 Å². The van der Waals surface area contributed by atoms with Gasteiger partial charge in [-0.25, -0.2) is 0 Å². The van der Waals surface area contributed by atoms with E-state index in [1.807, 2.05) is 5.57 Å². The molecule has 3 fully saturated rings. The standard InChI is InChI=1S/C31H52O/c1-9-23(20(2)3)11-10-21(4)24-14-18-31(8)27-13-12-25-22(5)28(32)16-17-29(25,6)26(27)15-19-30(24,31)7/h9,15,20-22,24-25,27-28,32H,10-14,16-19H2,1-8H3/b23-9-/t21-,22+,24-,25+,27-,28+,29+,30-,31+/m1/s1. The highest BCUT2D eigenvalue weighted by Gasteiger charge is 2.64. The van der Waals surface area contributed by atoms with E-state index in [9.17, 15) is 5.11 Å². The molecule has 0 radical (unpaired) electrons. The Morgan fingerprint density at radius 3 is 2.44 bits per heavy atom. The second kappa shape index (κ2) is 8.58. The van der Waals surface area contributed by atoms with Gasteiger partial charge in [-0.3, -0.25) is 0 Å². The first kappa shape index (κ1) is 24.6. The third-order valence-electron chi connectivity index (χ3n) is 12.1. The van der Waals surface area contributed by atoms with Crippen molar-refractivity contribution in [3.8, 4) is 0 Å². The molecule has 4 rings (SSSR count). The number of rotatable bonds is 5. The summed E-state index contributed by atoms with van der Waals surface area (Å²) in [6, 6.07) is 0. The fourth-order valence-corrected chi connectivity index (χ4v) is 9.66. The molecule has 0 unspecified atom stereocenters. The van der Waals surface area contributed by atoms with Crippen LogP contribution < -0.4 is 0 Å². The minimum absolute atomic E-state index is 0.0840. The first-order valence-electron chi connectivity index (χ1n) is 14.0. The molecule has 4 aliphatic carbocycles. The van der Waals surface area contributed by atoms with Crippen molar-refractivity contribution in [2.75, 3.05) is 0 Å². The average molecular weight is 441 g/mol. The van der Waals surface area contributed by atoms with Crippen LogP contribution >= 0.6 is 0 Å². The molecule has 0 aliphatic heterocycles. The van der Waals surface area contributed by atoms with E-state index in [2.05, 4.69) is 67.5 Å². The van der Waals surface area contributed by atoms with E-state index in [4.69, 9.17) is 0 Å². The van der Waals surface area contributed by atoms with Crippen molar-refractivity contribution >= 4 is 0 Å². The van der Waals surface area contributed by atoms with Crippen LogP contribution in [0.5, 0.6) is 0 Å². The summed E-state index contributed by atoms with van der Waals surface area (Å²) >= 11 is 0. The first-order valence-corrected chi connectivity index (χ1v) is 14.0. The van der Waals surface area contributed by atoms with Gasteiger partial charge in [-0.2, -0.15) is 0 Å². The van der Waals surface area contributed by atoms with Crippen LogP contribution in [0.15, 0.2) is 23.3 Å². The molecule has 0 aromatic heterocycles. The summed E-state index contributed by atoms with van der Waals surface area (Å²) in [6.07, 6.45) is 16.7. The van der Waals surface area contributed by atoms with E-state index in [0.717, 1.165) is 24.2 Å². The van der Waals surface area contributed by atoms with Gasteiger partial charge in [-0.05, 0) is 116 Å². The topological polar surface area (TPSA) is 20.2 Å². The second-order valence-corrected chi connectivity index (χ2v) is 13.5. The highest BCUT2D eigenvalue weighted by atomic mass is 16.3. The van der Waals surface area contributed by atoms with E-state index in [1.165, 1.54) is 51.4 Å². The molecule has 3 saturated carbocycles. The summed E-state index contributed by atoms with van der Waals surface area (Å²) in [6.45, 7) is 19.8. The van der Waals surface area contributed by atoms with Crippen molar-refractivity contribution in [3.63, 3.8) is 0 Å². The molecule has 0 bridgehead atoms. The minimum atomic E-state index is -0.0840. The van der Waals surface area contributed by atoms with Crippen LogP contribution in [0.2, 0.25) is 0 Å². The lowest BCUT2D eigenvalue weighted by atomic mass is 9.43. The minimum Gasteiger partial charge on any atom is -0.393 e. The lowest BCUT2D eigenvalue weighted by molar-refractivity contribution is -0.0779. The number of allylic oxidation sites excluding steroid dienone is 4. The molecule has 4 aliphatic rings. The molecule has 0 aromatic rings. The van der Waals surface area contributed by atoms with Crippen molar-refractivity contribution in [1.82, 2.24) is 0 Å². The Labute approximate surface area is 199 Å². The largest absolute Gasteiger partial charge is 0.393 e. The van der Waals surface area contributed by atoms with Crippen molar-refractivity contribution in [2.24, 2.45) is 51.8 Å². The molecule has 1 heteroatoms. The summed E-state index contributed by atoms with van der Waals surface area (Å²) in [4.78, 5) is 0. The van der Waals surface area contributed by atoms with Gasteiger partial charge >= 0.3 is 0 Å². The molecule has 1 nitrogen and oxygen atoms in total. The summed E-state index contributed by atoms with van der Waals surface area (Å²) < 4.78 is 0. The zero-order chi connectivity index (χ0) is 23.5. The van der Waals surface area contributed by atoms with Crippen molar-refractivity contribution in [1.29, 1.82) is 0 Å². The van der Waals surface area contributed by atoms with Crippen molar-refractivity contribution < 1.29 is 5.11 Å². The molecular weight excluding hydrogens is 388 g/mol. The zero-order valence-electron chi connectivity index (χ0n) is 22.5. The van der Waals surface area contributed by atoms with E-state index < -0.39 is 0 Å². The zero-order valence-corrected chi connectivity index (χ0v) is 22.5. The molecule has 182 valence electrons. The molecule has 32 heavy (non-hydrogen) atoms. The number of aliphatic hydroxyl groups excluding tert-OH is 1. The highest BCUT2D eigenvalue weighted by molar-refractivity contribution is 5.32. The van der Waals surface area contributed by atoms with Crippen molar-refractivity contribution in [3.05, 3.63) is 23.3 Å². The van der Waals surface area contributed by atoms with Gasteiger partial charge in [0.25, 0.3) is 0 Å². The molecule has 0 spiro atoms. The van der Waals surface area contributed by atoms with Crippen LogP contribution in [0, 0.1) is 51.8 Å². The van der Waals surface area contributed by atoms with Crippen LogP contribution in [0.25, 0.3) is 0 Å². The van der Waals surface area contributed by atoms with Gasteiger partial charge in [-0.1, -0.05) is 71.8 Å². The Hall–Kier alpha value is -0.560. The van der Waals surface area contributed by atoms with Gasteiger partial charge < -0.3 is 5.11 Å². The van der Waals surface area contributed by atoms with E-state index in [1.54, 1.807) is 5.57 Å². The lowest BCUT2D eigenvalue weighted by Gasteiger charge is -2.62. The molecule has 0 amide bonds. The lowest BCUT2D eigenvalue weighted by Crippen LogP contribution is -2.55. The Morgan fingerprint density at radius 1 is 1.06 bits per heavy atom. The predicted octanol–water partition coefficient (Wildman–Crippen LogP) is 8.58. The second-order valence-electron chi connectivity index (χ2n) is 13.5. The quantitative estimate of drug-likeness (QED) is 0.424. The van der Waals surface area contributed by atoms with Crippen LogP contribution in [0.4, 0.5) is 0 Å². The fourth-order valence-electron chi connectivity index (χ4n) is 9.66. The van der Waals surface area contributed by atoms with Gasteiger partial charge in [0.2, 0.25) is 0 Å². The Kier molecular flexibility index (Phi) is 6.59. The smallest absolute Gasteiger partial charge is 0.0569 e. The maximum absolute atomic E-state index is 10.6. The Balaban J connectivity index is 1.58. The summed E-state index contributed by atoms with van der Waals surface area (Å²) in [5, 5.41) is 10.6. The number of hydrogen-bond donors (Lipinski definition) is 1. The maximum atomic E-state index is 10.6. The average Bonchev–Trinajstić information content (AvgIpc) is 3.02. The van der Waals surface area contributed by atoms with Gasteiger partial charge in [0.05, 0.1) is 6.10 Å². The summed E-state index contributed by atoms with van der Waals surface area (Å²) in [5.41, 5.74) is 4.68. The van der Waals surface area contributed by atoms with E-state index >= 15 is 0 Å². The van der Waals surface area contributed by atoms with Crippen molar-refractivity contribution in [2.45, 2.75) is 119 Å². The van der Waals surface area contributed by atoms with Crippen LogP contribution in [-0.2, 0) is 0 Å². The number of hydrogen-bond acceptors (Lipinski definition) is 1. The van der Waals surface area contributed by atoms with Gasteiger partial charge in [0, 0.05) is 0 Å². The molecule has 0 saturated heterocycles. The molecule has 0 heterocycles. The van der Waals surface area contributed by atoms with E-state index in [0.29, 0.717) is 34.0 Å². The Morgan fingerprint density at radius 2 is 1.78 bits per heavy atom. The molecular formula is C31H52O. The SMILES string of the molecule is C/C=C(/CC[C@@H](C)[C@H]1CC[C@@]2(C)[C@@H]3CC[C@H]4[C@H](C)[C@@H](O)CC[C@]4(C)C3=CC[C@]12C)C(C)C. The van der Waals surface area contributed by atoms with Gasteiger partial charge in [-0.15, -0.1) is 0 Å². The third kappa shape index (κ3) is 3.50. The number of fused-ring (bicyclic) bond motifs is 5. The normalized spacial score (nSPS) is 47.5. The highest BCUT2D eigenvalue weighted by Crippen LogP contribution is 2.72. The third-order valence-corrected chi connectivity index (χ3v) is 12.1. The summed E-state index contributed by atoms with van der Waals surface area (Å²) in [7, 11) is 0. The molecule has 1 N–H and O–H groups in total. The molecule has 9 atom stereocenters. The first-order chi connectivity index (χ1) is 15.0. The Bertz CT molecular complexity index is 760. The predicted molar refractivity (Wildman–Crippen MR) is 137 cm³/mol. The molecule has 0 aromatic carbocycles. The number of aliphatic hydroxyl groups is 1. The van der Waals surface area contributed by atoms with Crippen LogP contribution in [0.1, 0.15) is 113 Å². The fraction of sp³-hybridized carbons (Fsp3) is 0.871. The summed E-state index contributed by atoms with van der Waals surface area (Å²) in [5.74, 6) is 4.24.